The Labute approximate surface area is 142 Å². The number of hydrogen-bond acceptors (Lipinski definition) is 4. The molecule has 0 aliphatic heterocycles. The van der Waals surface area contributed by atoms with Gasteiger partial charge >= 0.3 is 0 Å². The first kappa shape index (κ1) is 16.5. The van der Waals surface area contributed by atoms with E-state index in [1.165, 1.54) is 30.3 Å². The van der Waals surface area contributed by atoms with E-state index in [9.17, 15) is 13.6 Å². The molecule has 0 atom stereocenters. The summed E-state index contributed by atoms with van der Waals surface area (Å²) in [5.74, 6) is -0.609. The topological polar surface area (TPSA) is 66.9 Å². The van der Waals surface area contributed by atoms with Crippen molar-refractivity contribution in [3.05, 3.63) is 83.6 Å². The molecule has 3 aromatic rings. The molecule has 0 unspecified atom stereocenters. The van der Waals surface area contributed by atoms with E-state index < -0.39 is 0 Å². The molecule has 0 aliphatic carbocycles. The lowest BCUT2D eigenvalue weighted by Crippen LogP contribution is -2.24. The van der Waals surface area contributed by atoms with Crippen LogP contribution in [-0.2, 0) is 6.54 Å². The Morgan fingerprint density at radius 1 is 0.840 bits per heavy atom. The Bertz CT molecular complexity index is 850. The Morgan fingerprint density at radius 2 is 1.48 bits per heavy atom. The fourth-order valence-corrected chi connectivity index (χ4v) is 2.08. The van der Waals surface area contributed by atoms with Gasteiger partial charge in [0, 0.05) is 12.2 Å². The monoisotopic (exact) mass is 340 g/mol. The smallest absolute Gasteiger partial charge is 0.272 e. The molecule has 1 amide bonds. The van der Waals surface area contributed by atoms with Crippen LogP contribution < -0.4 is 10.6 Å². The summed E-state index contributed by atoms with van der Waals surface area (Å²) in [5, 5.41) is 13.4. The van der Waals surface area contributed by atoms with E-state index in [1.807, 2.05) is 0 Å². The molecule has 0 bridgehead atoms. The Balaban J connectivity index is 1.58. The van der Waals surface area contributed by atoms with Gasteiger partial charge in [0.15, 0.2) is 11.5 Å². The summed E-state index contributed by atoms with van der Waals surface area (Å²) in [5.41, 5.74) is 1.59. The average Bonchev–Trinajstić information content (AvgIpc) is 2.63. The van der Waals surface area contributed by atoms with Crippen LogP contribution >= 0.6 is 0 Å². The van der Waals surface area contributed by atoms with Gasteiger partial charge in [-0.3, -0.25) is 4.79 Å². The number of rotatable bonds is 5. The Morgan fingerprint density at radius 3 is 2.08 bits per heavy atom. The van der Waals surface area contributed by atoms with E-state index in [4.69, 9.17) is 0 Å². The first-order valence-corrected chi connectivity index (χ1v) is 7.49. The molecule has 5 nitrogen and oxygen atoms in total. The minimum absolute atomic E-state index is 0.159. The third kappa shape index (κ3) is 4.57. The molecule has 0 spiro atoms. The van der Waals surface area contributed by atoms with E-state index in [0.29, 0.717) is 11.5 Å². The molecule has 2 N–H and O–H groups in total. The van der Waals surface area contributed by atoms with Gasteiger partial charge in [-0.25, -0.2) is 8.78 Å². The second-order valence-corrected chi connectivity index (χ2v) is 5.24. The average molecular weight is 340 g/mol. The van der Waals surface area contributed by atoms with Gasteiger partial charge in [0.05, 0.1) is 0 Å². The highest BCUT2D eigenvalue weighted by Crippen LogP contribution is 2.14. The van der Waals surface area contributed by atoms with Crippen LogP contribution in [0, 0.1) is 11.6 Å². The van der Waals surface area contributed by atoms with E-state index in [1.54, 1.807) is 30.3 Å². The van der Waals surface area contributed by atoms with Crippen LogP contribution in [0.1, 0.15) is 16.1 Å². The van der Waals surface area contributed by atoms with Gasteiger partial charge in [0.1, 0.15) is 11.6 Å². The van der Waals surface area contributed by atoms with E-state index in [0.717, 1.165) is 5.56 Å². The number of benzene rings is 2. The lowest BCUT2D eigenvalue weighted by Gasteiger charge is -2.07. The molecule has 7 heteroatoms. The maximum atomic E-state index is 12.9. The summed E-state index contributed by atoms with van der Waals surface area (Å²) in [4.78, 5) is 12.0. The maximum absolute atomic E-state index is 12.9. The van der Waals surface area contributed by atoms with Crippen molar-refractivity contribution in [3.63, 3.8) is 0 Å². The van der Waals surface area contributed by atoms with Crippen molar-refractivity contribution in [2.75, 3.05) is 5.32 Å². The number of carbonyl (C=O) groups excluding carboxylic acids is 1. The SMILES string of the molecule is O=C(NCc1ccc(F)cc1)c1ccc(Nc2ccc(F)cc2)nn1. The molecule has 0 saturated carbocycles. The first-order valence-electron chi connectivity index (χ1n) is 7.49. The van der Waals surface area contributed by atoms with Crippen molar-refractivity contribution in [2.45, 2.75) is 6.54 Å². The minimum Gasteiger partial charge on any atom is -0.347 e. The zero-order valence-electron chi connectivity index (χ0n) is 13.0. The highest BCUT2D eigenvalue weighted by Gasteiger charge is 2.08. The van der Waals surface area contributed by atoms with Gasteiger partial charge < -0.3 is 10.6 Å². The molecular formula is C18H14F2N4O. The second-order valence-electron chi connectivity index (χ2n) is 5.24. The second kappa shape index (κ2) is 7.48. The predicted molar refractivity (Wildman–Crippen MR) is 89.3 cm³/mol. The highest BCUT2D eigenvalue weighted by atomic mass is 19.1. The van der Waals surface area contributed by atoms with Crippen LogP contribution in [0.15, 0.2) is 60.7 Å². The van der Waals surface area contributed by atoms with E-state index >= 15 is 0 Å². The molecule has 0 aliphatic rings. The quantitative estimate of drug-likeness (QED) is 0.747. The molecule has 3 rings (SSSR count). The molecule has 1 aromatic heterocycles. The fraction of sp³-hybridized carbons (Fsp3) is 0.0556. The third-order valence-corrected chi connectivity index (χ3v) is 3.38. The summed E-state index contributed by atoms with van der Waals surface area (Å²) in [7, 11) is 0. The number of carbonyl (C=O) groups is 1. The van der Waals surface area contributed by atoms with Gasteiger partial charge in [0.2, 0.25) is 0 Å². The van der Waals surface area contributed by atoms with Crippen molar-refractivity contribution >= 4 is 17.4 Å². The number of nitrogens with one attached hydrogen (secondary N) is 2. The number of amides is 1. The van der Waals surface area contributed by atoms with Gasteiger partial charge in [-0.1, -0.05) is 12.1 Å². The van der Waals surface area contributed by atoms with Crippen LogP contribution in [-0.4, -0.2) is 16.1 Å². The Hall–Kier alpha value is -3.35. The maximum Gasteiger partial charge on any atom is 0.272 e. The number of nitrogens with zero attached hydrogens (tertiary/aromatic N) is 2. The lowest BCUT2D eigenvalue weighted by atomic mass is 10.2. The highest BCUT2D eigenvalue weighted by molar-refractivity contribution is 5.92. The minimum atomic E-state index is -0.384. The molecule has 126 valence electrons. The molecule has 0 saturated heterocycles. The van der Waals surface area contributed by atoms with Gasteiger partial charge in [0.25, 0.3) is 5.91 Å². The molecule has 25 heavy (non-hydrogen) atoms. The van der Waals surface area contributed by atoms with Gasteiger partial charge in [-0.15, -0.1) is 10.2 Å². The zero-order valence-corrected chi connectivity index (χ0v) is 13.0. The number of anilines is 2. The summed E-state index contributed by atoms with van der Waals surface area (Å²) in [6.45, 7) is 0.260. The van der Waals surface area contributed by atoms with Crippen molar-refractivity contribution in [3.8, 4) is 0 Å². The van der Waals surface area contributed by atoms with E-state index in [2.05, 4.69) is 20.8 Å². The summed E-state index contributed by atoms with van der Waals surface area (Å²) < 4.78 is 25.7. The van der Waals surface area contributed by atoms with Crippen LogP contribution in [0.2, 0.25) is 0 Å². The summed E-state index contributed by atoms with van der Waals surface area (Å²) >= 11 is 0. The molecule has 0 radical (unpaired) electrons. The molecular weight excluding hydrogens is 326 g/mol. The van der Waals surface area contributed by atoms with Gasteiger partial charge in [-0.2, -0.15) is 0 Å². The first-order chi connectivity index (χ1) is 12.1. The predicted octanol–water partition coefficient (Wildman–Crippen LogP) is 3.43. The van der Waals surface area contributed by atoms with Gasteiger partial charge in [-0.05, 0) is 54.1 Å². The summed E-state index contributed by atoms with van der Waals surface area (Å²) in [6.07, 6.45) is 0. The molecule has 0 fully saturated rings. The summed E-state index contributed by atoms with van der Waals surface area (Å²) in [6, 6.07) is 14.8. The van der Waals surface area contributed by atoms with Crippen LogP contribution in [0.5, 0.6) is 0 Å². The van der Waals surface area contributed by atoms with Crippen molar-refractivity contribution in [1.29, 1.82) is 0 Å². The van der Waals surface area contributed by atoms with Crippen molar-refractivity contribution in [2.24, 2.45) is 0 Å². The standard InChI is InChI=1S/C18H14F2N4O/c19-13-3-1-12(2-4-13)11-21-18(25)16-9-10-17(24-23-16)22-15-7-5-14(20)6-8-15/h1-10H,11H2,(H,21,25)(H,22,24). The number of hydrogen-bond donors (Lipinski definition) is 2. The lowest BCUT2D eigenvalue weighted by molar-refractivity contribution is 0.0945. The Kier molecular flexibility index (Phi) is 4.94. The number of aromatic nitrogens is 2. The van der Waals surface area contributed by atoms with Crippen LogP contribution in [0.4, 0.5) is 20.3 Å². The van der Waals surface area contributed by atoms with Crippen molar-refractivity contribution in [1.82, 2.24) is 15.5 Å². The fourth-order valence-electron chi connectivity index (χ4n) is 2.08. The van der Waals surface area contributed by atoms with Crippen LogP contribution in [0.3, 0.4) is 0 Å². The zero-order chi connectivity index (χ0) is 17.6. The molecule has 1 heterocycles. The largest absolute Gasteiger partial charge is 0.347 e. The van der Waals surface area contributed by atoms with Crippen LogP contribution in [0.25, 0.3) is 0 Å². The van der Waals surface area contributed by atoms with Crippen molar-refractivity contribution < 1.29 is 13.6 Å². The normalized spacial score (nSPS) is 10.3. The van der Waals surface area contributed by atoms with E-state index in [-0.39, 0.29) is 29.8 Å². The number of halogens is 2. The third-order valence-electron chi connectivity index (χ3n) is 3.38. The molecule has 2 aromatic carbocycles.